The molecule has 9 nitrogen and oxygen atoms in total. The minimum atomic E-state index is -0.829. The first-order chi connectivity index (χ1) is 11.4. The third kappa shape index (κ3) is 6.35. The minimum absolute atomic E-state index is 0.0314. The van der Waals surface area contributed by atoms with Gasteiger partial charge >= 0.3 is 11.9 Å². The van der Waals surface area contributed by atoms with Gasteiger partial charge in [-0.05, 0) is 18.4 Å². The summed E-state index contributed by atoms with van der Waals surface area (Å²) in [6, 6.07) is 0. The van der Waals surface area contributed by atoms with Crippen molar-refractivity contribution in [1.29, 1.82) is 0 Å². The topological polar surface area (TPSA) is 131 Å². The number of aliphatic carboxylic acids is 1. The number of hydrogen-bond donors (Lipinski definition) is 1. The molecule has 0 amide bonds. The lowest BCUT2D eigenvalue weighted by molar-refractivity contribution is -0.264. The highest BCUT2D eigenvalue weighted by atomic mass is 16.7. The standard InChI is InChI=1S/C15H25N3O6/c1-9-10(2)15(22-7-5-4-6-13(20)21)24-12(8-17-18-16)14(9)23-11(3)19/h9-10,12,14-15H,4-8H2,1-3H3,(H,20,21). The molecule has 136 valence electrons. The van der Waals surface area contributed by atoms with Crippen molar-refractivity contribution in [3.05, 3.63) is 10.4 Å². The van der Waals surface area contributed by atoms with Crippen LogP contribution < -0.4 is 0 Å². The normalized spacial score (nSPS) is 29.5. The molecule has 24 heavy (non-hydrogen) atoms. The zero-order valence-corrected chi connectivity index (χ0v) is 14.3. The Morgan fingerprint density at radius 3 is 2.58 bits per heavy atom. The Kier molecular flexibility index (Phi) is 8.53. The summed E-state index contributed by atoms with van der Waals surface area (Å²) in [5, 5.41) is 12.1. The van der Waals surface area contributed by atoms with E-state index in [1.807, 2.05) is 13.8 Å². The van der Waals surface area contributed by atoms with Gasteiger partial charge in [-0.15, -0.1) is 0 Å². The van der Waals surface area contributed by atoms with Gasteiger partial charge in [0.15, 0.2) is 6.29 Å². The van der Waals surface area contributed by atoms with Crippen molar-refractivity contribution in [2.45, 2.75) is 58.5 Å². The van der Waals surface area contributed by atoms with E-state index in [2.05, 4.69) is 10.0 Å². The summed E-state index contributed by atoms with van der Waals surface area (Å²) in [6.07, 6.45) is -0.341. The summed E-state index contributed by atoms with van der Waals surface area (Å²) < 4.78 is 16.9. The second-order valence-electron chi connectivity index (χ2n) is 5.97. The molecular weight excluding hydrogens is 318 g/mol. The van der Waals surface area contributed by atoms with Crippen LogP contribution in [0.25, 0.3) is 10.4 Å². The van der Waals surface area contributed by atoms with Crippen LogP contribution in [0.1, 0.15) is 40.0 Å². The first kappa shape index (κ1) is 20.2. The molecule has 0 bridgehead atoms. The minimum Gasteiger partial charge on any atom is -0.481 e. The number of carbonyl (C=O) groups is 2. The second-order valence-corrected chi connectivity index (χ2v) is 5.97. The first-order valence-electron chi connectivity index (χ1n) is 8.03. The van der Waals surface area contributed by atoms with Crippen molar-refractivity contribution in [1.82, 2.24) is 0 Å². The molecule has 0 radical (unpaired) electrons. The summed E-state index contributed by atoms with van der Waals surface area (Å²) in [7, 11) is 0. The molecule has 1 rings (SSSR count). The molecule has 0 aliphatic carbocycles. The fourth-order valence-corrected chi connectivity index (χ4v) is 2.67. The van der Waals surface area contributed by atoms with E-state index in [1.165, 1.54) is 6.92 Å². The number of unbranched alkanes of at least 4 members (excludes halogenated alkanes) is 1. The van der Waals surface area contributed by atoms with Crippen LogP contribution >= 0.6 is 0 Å². The lowest BCUT2D eigenvalue weighted by atomic mass is 9.84. The zero-order valence-electron chi connectivity index (χ0n) is 14.3. The molecule has 0 aromatic rings. The Hall–Kier alpha value is -1.83. The van der Waals surface area contributed by atoms with E-state index in [-0.39, 0.29) is 24.8 Å². The zero-order chi connectivity index (χ0) is 18.1. The molecule has 0 spiro atoms. The van der Waals surface area contributed by atoms with Crippen LogP contribution in [0.5, 0.6) is 0 Å². The second kappa shape index (κ2) is 10.1. The van der Waals surface area contributed by atoms with Crippen LogP contribution in [0.4, 0.5) is 0 Å². The Bertz CT molecular complexity index is 480. The summed E-state index contributed by atoms with van der Waals surface area (Å²) in [6.45, 7) is 5.62. The smallest absolute Gasteiger partial charge is 0.303 e. The Labute approximate surface area is 140 Å². The molecule has 0 aromatic carbocycles. The number of carboxylic acid groups (broad SMARTS) is 1. The van der Waals surface area contributed by atoms with E-state index in [4.69, 9.17) is 24.8 Å². The van der Waals surface area contributed by atoms with Gasteiger partial charge in [-0.2, -0.15) is 0 Å². The van der Waals surface area contributed by atoms with Gasteiger partial charge in [-0.3, -0.25) is 9.59 Å². The molecule has 5 atom stereocenters. The SMILES string of the molecule is CC(=O)OC1C(CN=[N+]=[N-])OC(OCCCCC(=O)O)C(C)C1C. The van der Waals surface area contributed by atoms with Gasteiger partial charge < -0.3 is 19.3 Å². The van der Waals surface area contributed by atoms with Gasteiger partial charge in [0, 0.05) is 36.7 Å². The quantitative estimate of drug-likeness (QED) is 0.225. The molecule has 5 unspecified atom stereocenters. The maximum absolute atomic E-state index is 11.3. The lowest BCUT2D eigenvalue weighted by Gasteiger charge is -2.43. The first-order valence-corrected chi connectivity index (χ1v) is 8.03. The van der Waals surface area contributed by atoms with Crippen LogP contribution in [-0.4, -0.2) is 48.7 Å². The molecule has 0 aromatic heterocycles. The molecule has 1 aliphatic heterocycles. The van der Waals surface area contributed by atoms with E-state index in [0.29, 0.717) is 19.4 Å². The fraction of sp³-hybridized carbons (Fsp3) is 0.867. The number of rotatable bonds is 9. The Morgan fingerprint density at radius 1 is 1.29 bits per heavy atom. The van der Waals surface area contributed by atoms with Gasteiger partial charge in [0.25, 0.3) is 0 Å². The van der Waals surface area contributed by atoms with E-state index >= 15 is 0 Å². The highest BCUT2D eigenvalue weighted by molar-refractivity contribution is 5.66. The molecule has 1 fully saturated rings. The molecule has 1 saturated heterocycles. The molecule has 0 saturated carbocycles. The average molecular weight is 343 g/mol. The van der Waals surface area contributed by atoms with E-state index in [0.717, 1.165) is 0 Å². The molecule has 1 aliphatic rings. The molecule has 9 heteroatoms. The van der Waals surface area contributed by atoms with Gasteiger partial charge in [-0.1, -0.05) is 19.0 Å². The third-order valence-electron chi connectivity index (χ3n) is 4.15. The summed E-state index contributed by atoms with van der Waals surface area (Å²) >= 11 is 0. The van der Waals surface area contributed by atoms with Crippen molar-refractivity contribution in [2.24, 2.45) is 17.0 Å². The van der Waals surface area contributed by atoms with Crippen molar-refractivity contribution in [3.63, 3.8) is 0 Å². The monoisotopic (exact) mass is 343 g/mol. The summed E-state index contributed by atoms with van der Waals surface area (Å²) in [4.78, 5) is 24.5. The maximum Gasteiger partial charge on any atom is 0.303 e. The number of hydrogen-bond acceptors (Lipinski definition) is 6. The van der Waals surface area contributed by atoms with Crippen LogP contribution in [0, 0.1) is 11.8 Å². The average Bonchev–Trinajstić information content (AvgIpc) is 2.51. The number of esters is 1. The van der Waals surface area contributed by atoms with Crippen LogP contribution in [0.15, 0.2) is 5.11 Å². The predicted molar refractivity (Wildman–Crippen MR) is 84.0 cm³/mol. The third-order valence-corrected chi connectivity index (χ3v) is 4.15. The summed E-state index contributed by atoms with van der Waals surface area (Å²) in [5.74, 6) is -1.31. The van der Waals surface area contributed by atoms with Gasteiger partial charge in [0.05, 0.1) is 6.54 Å². The van der Waals surface area contributed by atoms with Gasteiger partial charge in [-0.25, -0.2) is 0 Å². The highest BCUT2D eigenvalue weighted by Gasteiger charge is 2.43. The van der Waals surface area contributed by atoms with E-state index in [1.54, 1.807) is 0 Å². The number of carbonyl (C=O) groups excluding carboxylic acids is 1. The van der Waals surface area contributed by atoms with E-state index in [9.17, 15) is 9.59 Å². The maximum atomic E-state index is 11.3. The Balaban J connectivity index is 2.62. The number of azide groups is 1. The van der Waals surface area contributed by atoms with Crippen LogP contribution in [0.2, 0.25) is 0 Å². The van der Waals surface area contributed by atoms with Crippen molar-refractivity contribution in [3.8, 4) is 0 Å². The van der Waals surface area contributed by atoms with Crippen molar-refractivity contribution in [2.75, 3.05) is 13.2 Å². The molecule has 1 heterocycles. The number of carboxylic acids is 1. The number of ether oxygens (including phenoxy) is 3. The largest absolute Gasteiger partial charge is 0.481 e. The predicted octanol–water partition coefficient (Wildman–Crippen LogP) is 2.50. The van der Waals surface area contributed by atoms with Crippen LogP contribution in [-0.2, 0) is 23.8 Å². The van der Waals surface area contributed by atoms with Crippen molar-refractivity contribution >= 4 is 11.9 Å². The van der Waals surface area contributed by atoms with Crippen LogP contribution in [0.3, 0.4) is 0 Å². The molecular formula is C15H25N3O6. The summed E-state index contributed by atoms with van der Waals surface area (Å²) in [5.41, 5.74) is 8.51. The molecule has 1 N–H and O–H groups in total. The highest BCUT2D eigenvalue weighted by Crippen LogP contribution is 2.33. The van der Waals surface area contributed by atoms with Crippen molar-refractivity contribution < 1.29 is 28.9 Å². The lowest BCUT2D eigenvalue weighted by Crippen LogP contribution is -2.52. The Morgan fingerprint density at radius 2 is 2.00 bits per heavy atom. The van der Waals surface area contributed by atoms with Gasteiger partial charge in [0.1, 0.15) is 12.2 Å². The fourth-order valence-electron chi connectivity index (χ4n) is 2.67. The van der Waals surface area contributed by atoms with E-state index < -0.39 is 30.4 Å². The number of nitrogens with zero attached hydrogens (tertiary/aromatic N) is 3. The van der Waals surface area contributed by atoms with Gasteiger partial charge in [0.2, 0.25) is 0 Å².